The zero-order valence-corrected chi connectivity index (χ0v) is 14.4. The summed E-state index contributed by atoms with van der Waals surface area (Å²) >= 11 is 6.80. The minimum absolute atomic E-state index is 0.263. The van der Waals surface area contributed by atoms with E-state index in [9.17, 15) is 0 Å². The van der Waals surface area contributed by atoms with Crippen LogP contribution in [0, 0.1) is 0 Å². The van der Waals surface area contributed by atoms with Crippen LogP contribution in [0.5, 0.6) is 0 Å². The van der Waals surface area contributed by atoms with Crippen LogP contribution in [0.25, 0.3) is 11.5 Å². The maximum absolute atomic E-state index is 5.79. The van der Waals surface area contributed by atoms with E-state index in [1.54, 1.807) is 6.20 Å². The van der Waals surface area contributed by atoms with Gasteiger partial charge in [-0.2, -0.15) is 4.98 Å². The van der Waals surface area contributed by atoms with Crippen molar-refractivity contribution >= 4 is 31.9 Å². The second kappa shape index (κ2) is 6.95. The lowest BCUT2D eigenvalue weighted by Gasteiger charge is -2.21. The lowest BCUT2D eigenvalue weighted by molar-refractivity contribution is 0.00859. The van der Waals surface area contributed by atoms with Gasteiger partial charge in [-0.1, -0.05) is 5.16 Å². The monoisotopic (exact) mass is 416 g/mol. The van der Waals surface area contributed by atoms with Gasteiger partial charge in [0.05, 0.1) is 6.10 Å². The van der Waals surface area contributed by atoms with Crippen LogP contribution in [0.15, 0.2) is 25.7 Å². The Balaban J connectivity index is 1.65. The van der Waals surface area contributed by atoms with Crippen LogP contribution in [-0.4, -0.2) is 34.3 Å². The van der Waals surface area contributed by atoms with E-state index in [0.29, 0.717) is 24.0 Å². The lowest BCUT2D eigenvalue weighted by atomic mass is 10.1. The minimum Gasteiger partial charge on any atom is -0.368 e. The molecule has 0 aliphatic carbocycles. The first kappa shape index (κ1) is 15.1. The normalized spacial score (nSPS) is 16.3. The summed E-state index contributed by atoms with van der Waals surface area (Å²) in [6, 6.07) is 1.89. The van der Waals surface area contributed by atoms with Gasteiger partial charge < -0.3 is 14.6 Å². The molecule has 0 spiro atoms. The van der Waals surface area contributed by atoms with Gasteiger partial charge in [0.25, 0.3) is 5.89 Å². The first-order chi connectivity index (χ1) is 10.2. The molecule has 0 aromatic carbocycles. The van der Waals surface area contributed by atoms with Crippen molar-refractivity contribution in [1.82, 2.24) is 20.4 Å². The summed E-state index contributed by atoms with van der Waals surface area (Å²) < 4.78 is 12.7. The van der Waals surface area contributed by atoms with Crippen LogP contribution >= 0.6 is 31.9 Å². The smallest absolute Gasteiger partial charge is 0.253 e. The molecule has 0 amide bonds. The number of halogens is 2. The zero-order valence-electron chi connectivity index (χ0n) is 11.2. The summed E-state index contributed by atoms with van der Waals surface area (Å²) in [6.07, 6.45) is 3.99. The number of ether oxygens (including phenoxy) is 1. The molecule has 6 nitrogen and oxygen atoms in total. The molecule has 2 aromatic heterocycles. The second-order valence-corrected chi connectivity index (χ2v) is 6.53. The molecule has 1 aliphatic rings. The Hall–Kier alpha value is -0.830. The van der Waals surface area contributed by atoms with E-state index in [2.05, 4.69) is 52.3 Å². The van der Waals surface area contributed by atoms with E-state index >= 15 is 0 Å². The molecule has 21 heavy (non-hydrogen) atoms. The molecule has 0 unspecified atom stereocenters. The van der Waals surface area contributed by atoms with E-state index in [1.807, 2.05) is 6.07 Å². The van der Waals surface area contributed by atoms with Crippen molar-refractivity contribution in [2.24, 2.45) is 0 Å². The van der Waals surface area contributed by atoms with Gasteiger partial charge in [-0.3, -0.25) is 4.98 Å². The molecule has 0 bridgehead atoms. The fourth-order valence-electron chi connectivity index (χ4n) is 2.14. The molecule has 3 rings (SSSR count). The average Bonchev–Trinajstić information content (AvgIpc) is 2.95. The van der Waals surface area contributed by atoms with Gasteiger partial charge in [-0.05, 0) is 63.9 Å². The summed E-state index contributed by atoms with van der Waals surface area (Å²) in [7, 11) is 0. The number of hydrogen-bond acceptors (Lipinski definition) is 6. The molecule has 0 atom stereocenters. The fourth-order valence-corrected chi connectivity index (χ4v) is 3.30. The highest BCUT2D eigenvalue weighted by Crippen LogP contribution is 2.26. The number of piperidine rings is 1. The van der Waals surface area contributed by atoms with Crippen molar-refractivity contribution in [3.05, 3.63) is 27.1 Å². The van der Waals surface area contributed by atoms with Crippen molar-refractivity contribution in [3.63, 3.8) is 0 Å². The molecule has 0 radical (unpaired) electrons. The minimum atomic E-state index is 0.263. The highest BCUT2D eigenvalue weighted by Gasteiger charge is 2.17. The van der Waals surface area contributed by atoms with Crippen LogP contribution < -0.4 is 5.32 Å². The standard InChI is InChI=1S/C13H14Br2N4O2/c14-8-5-10(15)12(17-6-8)13-18-11(21-19-13)7-20-9-1-3-16-4-2-9/h5-6,9,16H,1-4,7H2. The molecule has 1 saturated heterocycles. The number of pyridine rings is 1. The lowest BCUT2D eigenvalue weighted by Crippen LogP contribution is -2.32. The molecule has 1 aliphatic heterocycles. The van der Waals surface area contributed by atoms with Gasteiger partial charge in [0.1, 0.15) is 12.3 Å². The molecule has 1 fully saturated rings. The summed E-state index contributed by atoms with van der Waals surface area (Å²) in [6.45, 7) is 2.33. The summed E-state index contributed by atoms with van der Waals surface area (Å²) in [5, 5.41) is 7.25. The molecule has 112 valence electrons. The quantitative estimate of drug-likeness (QED) is 0.824. The zero-order chi connectivity index (χ0) is 14.7. The second-order valence-electron chi connectivity index (χ2n) is 4.76. The molecule has 8 heteroatoms. The highest BCUT2D eigenvalue weighted by molar-refractivity contribution is 9.11. The molecule has 0 saturated carbocycles. The molecule has 3 heterocycles. The largest absolute Gasteiger partial charge is 0.368 e. The Labute approximate surface area is 138 Å². The van der Waals surface area contributed by atoms with Crippen molar-refractivity contribution in [3.8, 4) is 11.5 Å². The first-order valence-corrected chi connectivity index (χ1v) is 8.27. The van der Waals surface area contributed by atoms with Crippen LogP contribution in [0.2, 0.25) is 0 Å². The summed E-state index contributed by atoms with van der Waals surface area (Å²) in [5.74, 6) is 0.929. The third kappa shape index (κ3) is 3.88. The van der Waals surface area contributed by atoms with E-state index in [1.165, 1.54) is 0 Å². The number of rotatable bonds is 4. The number of aromatic nitrogens is 3. The number of nitrogens with one attached hydrogen (secondary N) is 1. The van der Waals surface area contributed by atoms with Crippen molar-refractivity contribution in [1.29, 1.82) is 0 Å². The van der Waals surface area contributed by atoms with E-state index in [4.69, 9.17) is 9.26 Å². The molecule has 1 N–H and O–H groups in total. The summed E-state index contributed by atoms with van der Waals surface area (Å²) in [5.41, 5.74) is 0.648. The van der Waals surface area contributed by atoms with Gasteiger partial charge in [0, 0.05) is 15.1 Å². The predicted molar refractivity (Wildman–Crippen MR) is 83.6 cm³/mol. The predicted octanol–water partition coefficient (Wildman–Crippen LogP) is 2.93. The van der Waals surface area contributed by atoms with Crippen LogP contribution in [0.4, 0.5) is 0 Å². The Bertz CT molecular complexity index is 614. The van der Waals surface area contributed by atoms with Crippen molar-refractivity contribution < 1.29 is 9.26 Å². The Morgan fingerprint density at radius 1 is 1.33 bits per heavy atom. The van der Waals surface area contributed by atoms with Crippen LogP contribution in [0.1, 0.15) is 18.7 Å². The van der Waals surface area contributed by atoms with Gasteiger partial charge >= 0.3 is 0 Å². The Kier molecular flexibility index (Phi) is 4.99. The topological polar surface area (TPSA) is 73.1 Å². The molecular formula is C13H14Br2N4O2. The third-order valence-corrected chi connectivity index (χ3v) is 4.25. The maximum Gasteiger partial charge on any atom is 0.253 e. The molecular weight excluding hydrogens is 404 g/mol. The first-order valence-electron chi connectivity index (χ1n) is 6.68. The van der Waals surface area contributed by atoms with E-state index < -0.39 is 0 Å². The molecule has 2 aromatic rings. The van der Waals surface area contributed by atoms with Crippen molar-refractivity contribution in [2.45, 2.75) is 25.6 Å². The van der Waals surface area contributed by atoms with Crippen LogP contribution in [0.3, 0.4) is 0 Å². The van der Waals surface area contributed by atoms with E-state index in [0.717, 1.165) is 34.9 Å². The fraction of sp³-hybridized carbons (Fsp3) is 0.462. The SMILES string of the molecule is Brc1cnc(-c2noc(COC3CCNCC3)n2)c(Br)c1. The van der Waals surface area contributed by atoms with Gasteiger partial charge in [0.2, 0.25) is 5.82 Å². The number of hydrogen-bond donors (Lipinski definition) is 1. The van der Waals surface area contributed by atoms with E-state index in [-0.39, 0.29) is 6.10 Å². The van der Waals surface area contributed by atoms with Gasteiger partial charge in [-0.15, -0.1) is 0 Å². The Morgan fingerprint density at radius 3 is 2.90 bits per heavy atom. The maximum atomic E-state index is 5.79. The summed E-state index contributed by atoms with van der Waals surface area (Å²) in [4.78, 5) is 8.61. The number of nitrogens with zero attached hydrogens (tertiary/aromatic N) is 3. The van der Waals surface area contributed by atoms with Crippen molar-refractivity contribution in [2.75, 3.05) is 13.1 Å². The average molecular weight is 418 g/mol. The van der Waals surface area contributed by atoms with Gasteiger partial charge in [0.15, 0.2) is 0 Å². The van der Waals surface area contributed by atoms with Crippen LogP contribution in [-0.2, 0) is 11.3 Å². The highest BCUT2D eigenvalue weighted by atomic mass is 79.9. The Morgan fingerprint density at radius 2 is 2.14 bits per heavy atom. The third-order valence-electron chi connectivity index (χ3n) is 3.22. The van der Waals surface area contributed by atoms with Gasteiger partial charge in [-0.25, -0.2) is 0 Å².